The van der Waals surface area contributed by atoms with Crippen molar-refractivity contribution in [3.8, 4) is 0 Å². The van der Waals surface area contributed by atoms with Crippen LogP contribution in [-0.4, -0.2) is 19.3 Å². The zero-order valence-electron chi connectivity index (χ0n) is 8.42. The lowest BCUT2D eigenvalue weighted by Gasteiger charge is -2.06. The predicted octanol–water partition coefficient (Wildman–Crippen LogP) is 2.53. The van der Waals surface area contributed by atoms with E-state index in [1.165, 1.54) is 5.56 Å². The molecule has 0 amide bonds. The molecule has 0 aromatic heterocycles. The van der Waals surface area contributed by atoms with Gasteiger partial charge in [-0.2, -0.15) is 0 Å². The van der Waals surface area contributed by atoms with Gasteiger partial charge in [0.1, 0.15) is 0 Å². The summed E-state index contributed by atoms with van der Waals surface area (Å²) >= 11 is 0. The molecule has 0 bridgehead atoms. The van der Waals surface area contributed by atoms with Gasteiger partial charge in [0.25, 0.3) is 0 Å². The Morgan fingerprint density at radius 1 is 1.64 bits per heavy atom. The number of anilines is 1. The summed E-state index contributed by atoms with van der Waals surface area (Å²) < 4.78 is 5.13. The van der Waals surface area contributed by atoms with Crippen molar-refractivity contribution in [1.82, 2.24) is 0 Å². The Balaban J connectivity index is 2.01. The van der Waals surface area contributed by atoms with Gasteiger partial charge < -0.3 is 10.1 Å². The van der Waals surface area contributed by atoms with Gasteiger partial charge in [-0.25, -0.2) is 0 Å². The van der Waals surface area contributed by atoms with Gasteiger partial charge in [-0.3, -0.25) is 0 Å². The summed E-state index contributed by atoms with van der Waals surface area (Å²) in [6.45, 7) is 7.74. The first-order valence-corrected chi connectivity index (χ1v) is 4.87. The number of benzene rings is 1. The Bertz CT molecular complexity index is 342. The van der Waals surface area contributed by atoms with E-state index in [4.69, 9.17) is 4.74 Å². The molecule has 2 nitrogen and oxygen atoms in total. The highest BCUT2D eigenvalue weighted by atomic mass is 16.6. The Hall–Kier alpha value is -1.28. The first-order valence-electron chi connectivity index (χ1n) is 4.87. The highest BCUT2D eigenvalue weighted by Gasteiger charge is 2.21. The number of hydrogen-bond donors (Lipinski definition) is 1. The van der Waals surface area contributed by atoms with Gasteiger partial charge in [-0.1, -0.05) is 24.3 Å². The van der Waals surface area contributed by atoms with Crippen LogP contribution in [-0.2, 0) is 4.74 Å². The first-order chi connectivity index (χ1) is 6.75. The molecule has 14 heavy (non-hydrogen) atoms. The van der Waals surface area contributed by atoms with Gasteiger partial charge in [-0.05, 0) is 24.6 Å². The van der Waals surface area contributed by atoms with E-state index in [1.807, 2.05) is 13.0 Å². The van der Waals surface area contributed by atoms with Crippen molar-refractivity contribution in [2.24, 2.45) is 0 Å². The lowest BCUT2D eigenvalue weighted by Crippen LogP contribution is -2.07. The van der Waals surface area contributed by atoms with Crippen LogP contribution >= 0.6 is 0 Å². The lowest BCUT2D eigenvalue weighted by molar-refractivity contribution is 0.417. The summed E-state index contributed by atoms with van der Waals surface area (Å²) in [6, 6.07) is 8.29. The van der Waals surface area contributed by atoms with Crippen molar-refractivity contribution in [3.63, 3.8) is 0 Å². The number of nitrogens with one attached hydrogen (secondary N) is 1. The maximum absolute atomic E-state index is 5.13. The molecule has 1 unspecified atom stereocenters. The van der Waals surface area contributed by atoms with Crippen molar-refractivity contribution < 1.29 is 4.74 Å². The smallest absolute Gasteiger partial charge is 0.0981 e. The maximum atomic E-state index is 5.13. The normalized spacial score (nSPS) is 19.1. The molecule has 2 heteroatoms. The van der Waals surface area contributed by atoms with Crippen molar-refractivity contribution in [2.75, 3.05) is 18.5 Å². The van der Waals surface area contributed by atoms with Crippen LogP contribution < -0.4 is 5.32 Å². The van der Waals surface area contributed by atoms with E-state index in [0.29, 0.717) is 6.10 Å². The summed E-state index contributed by atoms with van der Waals surface area (Å²) in [5.41, 5.74) is 3.42. The molecule has 1 N–H and O–H groups in total. The van der Waals surface area contributed by atoms with Crippen molar-refractivity contribution >= 4 is 11.3 Å². The molecular formula is C12H15NO. The van der Waals surface area contributed by atoms with Crippen LogP contribution in [0.2, 0.25) is 0 Å². The summed E-state index contributed by atoms with van der Waals surface area (Å²) in [5.74, 6) is 0. The van der Waals surface area contributed by atoms with E-state index in [2.05, 4.69) is 30.1 Å². The Kier molecular flexibility index (Phi) is 2.55. The Morgan fingerprint density at radius 2 is 2.43 bits per heavy atom. The molecule has 0 saturated carbocycles. The molecule has 0 radical (unpaired) electrons. The van der Waals surface area contributed by atoms with E-state index >= 15 is 0 Å². The van der Waals surface area contributed by atoms with Gasteiger partial charge in [0.2, 0.25) is 0 Å². The Labute approximate surface area is 84.6 Å². The third kappa shape index (κ3) is 2.36. The first kappa shape index (κ1) is 9.28. The van der Waals surface area contributed by atoms with Gasteiger partial charge in [0.15, 0.2) is 0 Å². The van der Waals surface area contributed by atoms with E-state index in [-0.39, 0.29) is 0 Å². The molecule has 1 fully saturated rings. The second kappa shape index (κ2) is 3.84. The van der Waals surface area contributed by atoms with Crippen molar-refractivity contribution in [2.45, 2.75) is 13.0 Å². The molecule has 0 spiro atoms. The topological polar surface area (TPSA) is 24.6 Å². The average molecular weight is 189 g/mol. The molecule has 74 valence electrons. The number of epoxide rings is 1. The van der Waals surface area contributed by atoms with Crippen molar-refractivity contribution in [1.29, 1.82) is 0 Å². The van der Waals surface area contributed by atoms with Crippen LogP contribution in [0.1, 0.15) is 12.5 Å². The van der Waals surface area contributed by atoms with Crippen LogP contribution in [0.15, 0.2) is 30.8 Å². The number of allylic oxidation sites excluding steroid dienone is 1. The quantitative estimate of drug-likeness (QED) is 0.736. The monoisotopic (exact) mass is 189 g/mol. The second-order valence-electron chi connectivity index (χ2n) is 3.70. The number of ether oxygens (including phenoxy) is 1. The SMILES string of the molecule is C=C(C)c1cccc(NCC2CO2)c1. The molecule has 1 atom stereocenters. The van der Waals surface area contributed by atoms with Gasteiger partial charge in [-0.15, -0.1) is 0 Å². The number of hydrogen-bond acceptors (Lipinski definition) is 2. The highest BCUT2D eigenvalue weighted by Crippen LogP contribution is 2.17. The standard InChI is InChI=1S/C12H15NO/c1-9(2)10-4-3-5-11(6-10)13-7-12-8-14-12/h3-6,12-13H,1,7-8H2,2H3. The summed E-state index contributed by atoms with van der Waals surface area (Å²) in [5, 5.41) is 3.34. The summed E-state index contributed by atoms with van der Waals surface area (Å²) in [7, 11) is 0. The minimum atomic E-state index is 0.420. The zero-order valence-corrected chi connectivity index (χ0v) is 8.42. The predicted molar refractivity (Wildman–Crippen MR) is 59.4 cm³/mol. The molecule has 1 heterocycles. The Morgan fingerprint density at radius 3 is 3.07 bits per heavy atom. The minimum Gasteiger partial charge on any atom is -0.382 e. The fourth-order valence-corrected chi connectivity index (χ4v) is 1.31. The van der Waals surface area contributed by atoms with E-state index in [9.17, 15) is 0 Å². The average Bonchev–Trinajstić information content (AvgIpc) is 2.99. The maximum Gasteiger partial charge on any atom is 0.0981 e. The minimum absolute atomic E-state index is 0.420. The van der Waals surface area contributed by atoms with Crippen LogP contribution in [0.5, 0.6) is 0 Å². The highest BCUT2D eigenvalue weighted by molar-refractivity contribution is 5.65. The lowest BCUT2D eigenvalue weighted by atomic mass is 10.1. The third-order valence-electron chi connectivity index (χ3n) is 2.29. The molecule has 2 rings (SSSR count). The summed E-state index contributed by atoms with van der Waals surface area (Å²) in [6.07, 6.45) is 0.420. The largest absolute Gasteiger partial charge is 0.382 e. The molecule has 1 aliphatic heterocycles. The fraction of sp³-hybridized carbons (Fsp3) is 0.333. The van der Waals surface area contributed by atoms with Crippen molar-refractivity contribution in [3.05, 3.63) is 36.4 Å². The molecule has 1 aliphatic rings. The molecular weight excluding hydrogens is 174 g/mol. The third-order valence-corrected chi connectivity index (χ3v) is 2.29. The van der Waals surface area contributed by atoms with Crippen LogP contribution in [0, 0.1) is 0 Å². The zero-order chi connectivity index (χ0) is 9.97. The van der Waals surface area contributed by atoms with Crippen LogP contribution in [0.4, 0.5) is 5.69 Å². The molecule has 1 saturated heterocycles. The van der Waals surface area contributed by atoms with E-state index in [0.717, 1.165) is 24.4 Å². The number of rotatable bonds is 4. The second-order valence-corrected chi connectivity index (χ2v) is 3.70. The van der Waals surface area contributed by atoms with Gasteiger partial charge >= 0.3 is 0 Å². The van der Waals surface area contributed by atoms with E-state index in [1.54, 1.807) is 0 Å². The molecule has 0 aliphatic carbocycles. The molecule has 1 aromatic carbocycles. The van der Waals surface area contributed by atoms with Crippen LogP contribution in [0.3, 0.4) is 0 Å². The van der Waals surface area contributed by atoms with Gasteiger partial charge in [0, 0.05) is 12.2 Å². The fourth-order valence-electron chi connectivity index (χ4n) is 1.31. The van der Waals surface area contributed by atoms with E-state index < -0.39 is 0 Å². The van der Waals surface area contributed by atoms with Gasteiger partial charge in [0.05, 0.1) is 12.7 Å². The van der Waals surface area contributed by atoms with Crippen LogP contribution in [0.25, 0.3) is 5.57 Å². The summed E-state index contributed by atoms with van der Waals surface area (Å²) in [4.78, 5) is 0. The molecule has 1 aromatic rings.